The van der Waals surface area contributed by atoms with Gasteiger partial charge in [-0.15, -0.1) is 0 Å². The van der Waals surface area contributed by atoms with Crippen LogP contribution in [-0.2, 0) is 13.5 Å². The highest BCUT2D eigenvalue weighted by Gasteiger charge is 2.26. The van der Waals surface area contributed by atoms with Crippen LogP contribution in [0.25, 0.3) is 0 Å². The lowest BCUT2D eigenvalue weighted by Crippen LogP contribution is -2.32. The first-order valence-corrected chi connectivity index (χ1v) is 6.00. The number of fused-ring (bicyclic) bond motifs is 1. The average molecular weight is 282 g/mol. The van der Waals surface area contributed by atoms with Crippen LogP contribution in [0.15, 0.2) is 17.0 Å². The van der Waals surface area contributed by atoms with E-state index in [0.29, 0.717) is 0 Å². The van der Waals surface area contributed by atoms with Crippen LogP contribution in [0, 0.1) is 0 Å². The molecule has 0 spiro atoms. The van der Waals surface area contributed by atoms with Gasteiger partial charge in [0.25, 0.3) is 0 Å². The SMILES string of the molecule is Cn1nc(Br)cc1C1NCCc2[nH]cnc21. The van der Waals surface area contributed by atoms with Gasteiger partial charge in [-0.2, -0.15) is 5.10 Å². The number of hydrogen-bond donors (Lipinski definition) is 2. The zero-order chi connectivity index (χ0) is 11.1. The van der Waals surface area contributed by atoms with Crippen molar-refractivity contribution in [3.8, 4) is 0 Å². The van der Waals surface area contributed by atoms with Gasteiger partial charge in [0.15, 0.2) is 0 Å². The fourth-order valence-electron chi connectivity index (χ4n) is 2.18. The van der Waals surface area contributed by atoms with E-state index in [1.165, 1.54) is 5.69 Å². The van der Waals surface area contributed by atoms with Gasteiger partial charge in [0.1, 0.15) is 4.60 Å². The van der Waals surface area contributed by atoms with E-state index >= 15 is 0 Å². The molecule has 0 bridgehead atoms. The number of halogens is 1. The third kappa shape index (κ3) is 1.49. The van der Waals surface area contributed by atoms with Crippen molar-refractivity contribution in [1.29, 1.82) is 0 Å². The number of rotatable bonds is 1. The molecule has 1 atom stereocenters. The van der Waals surface area contributed by atoms with Crippen LogP contribution in [-0.4, -0.2) is 26.3 Å². The van der Waals surface area contributed by atoms with Crippen LogP contribution >= 0.6 is 15.9 Å². The van der Waals surface area contributed by atoms with Crippen molar-refractivity contribution < 1.29 is 0 Å². The summed E-state index contributed by atoms with van der Waals surface area (Å²) in [5.74, 6) is 0. The average Bonchev–Trinajstić information content (AvgIpc) is 2.84. The predicted molar refractivity (Wildman–Crippen MR) is 63.0 cm³/mol. The fraction of sp³-hybridized carbons (Fsp3) is 0.400. The van der Waals surface area contributed by atoms with Gasteiger partial charge in [0.05, 0.1) is 23.8 Å². The molecule has 0 aliphatic carbocycles. The van der Waals surface area contributed by atoms with E-state index in [0.717, 1.165) is 29.0 Å². The van der Waals surface area contributed by atoms with Gasteiger partial charge in [-0.25, -0.2) is 4.98 Å². The van der Waals surface area contributed by atoms with E-state index in [4.69, 9.17) is 0 Å². The second-order valence-corrected chi connectivity index (χ2v) is 4.73. The highest BCUT2D eigenvalue weighted by atomic mass is 79.9. The van der Waals surface area contributed by atoms with Crippen molar-refractivity contribution in [3.05, 3.63) is 34.1 Å². The molecule has 2 aromatic rings. The molecule has 3 rings (SSSR count). The van der Waals surface area contributed by atoms with Gasteiger partial charge in [-0.3, -0.25) is 4.68 Å². The summed E-state index contributed by atoms with van der Waals surface area (Å²) in [4.78, 5) is 7.58. The monoisotopic (exact) mass is 281 g/mol. The van der Waals surface area contributed by atoms with Crippen LogP contribution < -0.4 is 5.32 Å². The first-order valence-electron chi connectivity index (χ1n) is 5.20. The first kappa shape index (κ1) is 10.0. The van der Waals surface area contributed by atoms with Crippen molar-refractivity contribution in [3.63, 3.8) is 0 Å². The molecule has 6 heteroatoms. The Morgan fingerprint density at radius 3 is 3.19 bits per heavy atom. The lowest BCUT2D eigenvalue weighted by molar-refractivity contribution is 0.518. The van der Waals surface area contributed by atoms with Crippen molar-refractivity contribution >= 4 is 15.9 Å². The Bertz CT molecular complexity index is 515. The predicted octanol–water partition coefficient (Wildman–Crippen LogP) is 1.14. The summed E-state index contributed by atoms with van der Waals surface area (Å²) in [6.07, 6.45) is 2.76. The molecule has 0 aromatic carbocycles. The molecule has 1 aliphatic rings. The number of aryl methyl sites for hydroxylation is 1. The van der Waals surface area contributed by atoms with Crippen molar-refractivity contribution in [2.24, 2.45) is 7.05 Å². The van der Waals surface area contributed by atoms with Crippen molar-refractivity contribution in [2.45, 2.75) is 12.5 Å². The largest absolute Gasteiger partial charge is 0.348 e. The summed E-state index contributed by atoms with van der Waals surface area (Å²) in [6.45, 7) is 0.961. The van der Waals surface area contributed by atoms with Crippen LogP contribution in [0.4, 0.5) is 0 Å². The second kappa shape index (κ2) is 3.71. The molecular weight excluding hydrogens is 270 g/mol. The summed E-state index contributed by atoms with van der Waals surface area (Å²) in [7, 11) is 1.95. The Morgan fingerprint density at radius 1 is 1.56 bits per heavy atom. The Morgan fingerprint density at radius 2 is 2.44 bits per heavy atom. The lowest BCUT2D eigenvalue weighted by atomic mass is 10.0. The minimum absolute atomic E-state index is 0.138. The fourth-order valence-corrected chi connectivity index (χ4v) is 2.65. The van der Waals surface area contributed by atoms with E-state index in [2.05, 4.69) is 36.3 Å². The van der Waals surface area contributed by atoms with Crippen molar-refractivity contribution in [2.75, 3.05) is 6.54 Å². The Hall–Kier alpha value is -1.14. The molecule has 5 nitrogen and oxygen atoms in total. The van der Waals surface area contributed by atoms with Gasteiger partial charge in [0.2, 0.25) is 0 Å². The maximum Gasteiger partial charge on any atom is 0.128 e. The summed E-state index contributed by atoms with van der Waals surface area (Å²) in [6, 6.07) is 2.17. The number of imidazole rings is 1. The Labute approximate surface area is 101 Å². The van der Waals surface area contributed by atoms with Gasteiger partial charge >= 0.3 is 0 Å². The summed E-state index contributed by atoms with van der Waals surface area (Å²) in [5, 5.41) is 7.77. The van der Waals surface area contributed by atoms with Gasteiger partial charge < -0.3 is 10.3 Å². The van der Waals surface area contributed by atoms with E-state index in [9.17, 15) is 0 Å². The maximum absolute atomic E-state index is 4.39. The number of hydrogen-bond acceptors (Lipinski definition) is 3. The van der Waals surface area contributed by atoms with Crippen LogP contribution in [0.5, 0.6) is 0 Å². The molecule has 0 amide bonds. The molecule has 3 heterocycles. The van der Waals surface area contributed by atoms with E-state index in [1.807, 2.05) is 17.8 Å². The van der Waals surface area contributed by atoms with Crippen LogP contribution in [0.2, 0.25) is 0 Å². The molecule has 0 saturated heterocycles. The standard InChI is InChI=1S/C10H12BrN5/c1-16-7(4-8(11)15-16)10-9-6(2-3-12-10)13-5-14-9/h4-5,10,12H,2-3H2,1H3,(H,13,14). The molecular formula is C10H12BrN5. The number of H-pyrrole nitrogens is 1. The van der Waals surface area contributed by atoms with Crippen LogP contribution in [0.1, 0.15) is 23.1 Å². The zero-order valence-corrected chi connectivity index (χ0v) is 10.5. The number of aromatic amines is 1. The summed E-state index contributed by atoms with van der Waals surface area (Å²) in [5.41, 5.74) is 3.43. The zero-order valence-electron chi connectivity index (χ0n) is 8.87. The molecule has 0 saturated carbocycles. The normalized spacial score (nSPS) is 19.8. The van der Waals surface area contributed by atoms with Crippen molar-refractivity contribution in [1.82, 2.24) is 25.1 Å². The smallest absolute Gasteiger partial charge is 0.128 e. The van der Waals surface area contributed by atoms with Gasteiger partial charge in [-0.1, -0.05) is 0 Å². The maximum atomic E-state index is 4.39. The molecule has 1 unspecified atom stereocenters. The van der Waals surface area contributed by atoms with E-state index < -0.39 is 0 Å². The molecule has 0 radical (unpaired) electrons. The van der Waals surface area contributed by atoms with E-state index in [1.54, 1.807) is 6.33 Å². The minimum Gasteiger partial charge on any atom is -0.348 e. The molecule has 84 valence electrons. The molecule has 2 N–H and O–H groups in total. The number of aromatic nitrogens is 4. The highest BCUT2D eigenvalue weighted by molar-refractivity contribution is 9.10. The minimum atomic E-state index is 0.138. The third-order valence-corrected chi connectivity index (χ3v) is 3.32. The first-order chi connectivity index (χ1) is 7.75. The molecule has 0 fully saturated rings. The quantitative estimate of drug-likeness (QED) is 0.824. The Kier molecular flexibility index (Phi) is 2.33. The van der Waals surface area contributed by atoms with E-state index in [-0.39, 0.29) is 6.04 Å². The number of nitrogens with zero attached hydrogens (tertiary/aromatic N) is 3. The van der Waals surface area contributed by atoms with Gasteiger partial charge in [0, 0.05) is 25.7 Å². The second-order valence-electron chi connectivity index (χ2n) is 3.92. The molecule has 2 aromatic heterocycles. The molecule has 16 heavy (non-hydrogen) atoms. The highest BCUT2D eigenvalue weighted by Crippen LogP contribution is 2.27. The topological polar surface area (TPSA) is 58.5 Å². The third-order valence-electron chi connectivity index (χ3n) is 2.93. The van der Waals surface area contributed by atoms with Gasteiger partial charge in [-0.05, 0) is 22.0 Å². The Balaban J connectivity index is 2.07. The molecule has 1 aliphatic heterocycles. The summed E-state index contributed by atoms with van der Waals surface area (Å²) >= 11 is 3.39. The summed E-state index contributed by atoms with van der Waals surface area (Å²) < 4.78 is 2.74. The lowest BCUT2D eigenvalue weighted by Gasteiger charge is -2.22. The van der Waals surface area contributed by atoms with Crippen LogP contribution in [0.3, 0.4) is 0 Å². The number of nitrogens with one attached hydrogen (secondary N) is 2.